The van der Waals surface area contributed by atoms with E-state index in [1.54, 1.807) is 12.1 Å². The Hall–Kier alpha value is -1.92. The van der Waals surface area contributed by atoms with Crippen LogP contribution in [0.25, 0.3) is 0 Å². The van der Waals surface area contributed by atoms with Crippen molar-refractivity contribution in [3.63, 3.8) is 0 Å². The van der Waals surface area contributed by atoms with Gasteiger partial charge in [0.05, 0.1) is 0 Å². The average Bonchev–Trinajstić information content (AvgIpc) is 2.66. The smallest absolute Gasteiger partial charge is 0.490 e. The molecule has 0 heterocycles. The molecule has 7 heteroatoms. The van der Waals surface area contributed by atoms with Crippen LogP contribution < -0.4 is 15.2 Å². The first kappa shape index (κ1) is 21.8. The molecule has 0 spiro atoms. The molecule has 2 N–H and O–H groups in total. The first-order valence-corrected chi connectivity index (χ1v) is 10.2. The molecule has 29 heavy (non-hydrogen) atoms. The summed E-state index contributed by atoms with van der Waals surface area (Å²) in [5, 5.41) is 0.720. The first-order chi connectivity index (χ1) is 13.7. The van der Waals surface area contributed by atoms with Gasteiger partial charge in [0.1, 0.15) is 17.6 Å². The Morgan fingerprint density at radius 3 is 2.41 bits per heavy atom. The fourth-order valence-electron chi connectivity index (χ4n) is 3.86. The first-order valence-electron chi connectivity index (χ1n) is 9.80. The number of alkyl halides is 3. The summed E-state index contributed by atoms with van der Waals surface area (Å²) in [6.07, 6.45) is -0.534. The molecule has 3 rings (SSSR count). The topological polar surface area (TPSA) is 44.5 Å². The lowest BCUT2D eigenvalue weighted by molar-refractivity contribution is -0.274. The van der Waals surface area contributed by atoms with Crippen LogP contribution in [-0.2, 0) is 12.8 Å². The van der Waals surface area contributed by atoms with Gasteiger partial charge in [-0.25, -0.2) is 0 Å². The number of ether oxygens (including phenoxy) is 2. The van der Waals surface area contributed by atoms with Crippen LogP contribution in [0.2, 0.25) is 5.02 Å². The van der Waals surface area contributed by atoms with Crippen molar-refractivity contribution < 1.29 is 22.6 Å². The fourth-order valence-corrected chi connectivity index (χ4v) is 4.11. The molecule has 0 amide bonds. The van der Waals surface area contributed by atoms with E-state index in [1.165, 1.54) is 12.1 Å². The van der Waals surface area contributed by atoms with Crippen molar-refractivity contribution in [3.05, 3.63) is 58.6 Å². The predicted molar refractivity (Wildman–Crippen MR) is 107 cm³/mol. The third-order valence-electron chi connectivity index (χ3n) is 5.37. The molecule has 1 saturated carbocycles. The van der Waals surface area contributed by atoms with Crippen molar-refractivity contribution in [2.45, 2.75) is 57.5 Å². The van der Waals surface area contributed by atoms with E-state index in [9.17, 15) is 13.2 Å². The minimum atomic E-state index is -4.69. The lowest BCUT2D eigenvalue weighted by atomic mass is 9.79. The van der Waals surface area contributed by atoms with Crippen molar-refractivity contribution in [3.8, 4) is 11.5 Å². The van der Waals surface area contributed by atoms with Crippen molar-refractivity contribution in [1.82, 2.24) is 0 Å². The highest BCUT2D eigenvalue weighted by molar-refractivity contribution is 6.31. The van der Waals surface area contributed by atoms with Crippen LogP contribution in [0.1, 0.15) is 37.3 Å². The van der Waals surface area contributed by atoms with Gasteiger partial charge in [0.25, 0.3) is 0 Å². The van der Waals surface area contributed by atoms with Crippen molar-refractivity contribution in [1.29, 1.82) is 0 Å². The third kappa shape index (κ3) is 6.03. The number of halogens is 4. The van der Waals surface area contributed by atoms with Gasteiger partial charge in [0, 0.05) is 17.0 Å². The van der Waals surface area contributed by atoms with Gasteiger partial charge in [-0.05, 0) is 73.6 Å². The van der Waals surface area contributed by atoms with Crippen LogP contribution in [0.4, 0.5) is 13.2 Å². The largest absolute Gasteiger partial charge is 0.573 e. The van der Waals surface area contributed by atoms with E-state index < -0.39 is 6.36 Å². The summed E-state index contributed by atoms with van der Waals surface area (Å²) in [5.41, 5.74) is 8.32. The molecule has 0 bridgehead atoms. The monoisotopic (exact) mass is 427 g/mol. The van der Waals surface area contributed by atoms with Crippen LogP contribution in [0.3, 0.4) is 0 Å². The van der Waals surface area contributed by atoms with Gasteiger partial charge in [-0.3, -0.25) is 0 Å². The molecule has 0 saturated heterocycles. The van der Waals surface area contributed by atoms with Gasteiger partial charge in [0.2, 0.25) is 0 Å². The van der Waals surface area contributed by atoms with E-state index in [2.05, 4.69) is 4.74 Å². The summed E-state index contributed by atoms with van der Waals surface area (Å²) in [5.74, 6) is 0.610. The summed E-state index contributed by atoms with van der Waals surface area (Å²) >= 11 is 6.19. The molecule has 0 aliphatic heterocycles. The van der Waals surface area contributed by atoms with Crippen molar-refractivity contribution in [2.24, 2.45) is 11.7 Å². The SMILES string of the molecule is CCc1cc(OC2CCCC(N)C2Cc2ccc(OC(F)(F)F)cc2)ccc1Cl. The molecule has 3 nitrogen and oxygen atoms in total. The Bertz CT molecular complexity index is 811. The van der Waals surface area contributed by atoms with Crippen LogP contribution in [0.5, 0.6) is 11.5 Å². The molecule has 3 atom stereocenters. The molecule has 1 aliphatic rings. The van der Waals surface area contributed by atoms with Crippen LogP contribution in [-0.4, -0.2) is 18.5 Å². The molecule has 1 fully saturated rings. The van der Waals surface area contributed by atoms with E-state index in [1.807, 2.05) is 25.1 Å². The average molecular weight is 428 g/mol. The quantitative estimate of drug-likeness (QED) is 0.622. The summed E-state index contributed by atoms with van der Waals surface area (Å²) in [6, 6.07) is 11.6. The molecule has 0 aromatic heterocycles. The van der Waals surface area contributed by atoms with E-state index in [4.69, 9.17) is 22.1 Å². The Balaban J connectivity index is 1.71. The summed E-state index contributed by atoms with van der Waals surface area (Å²) in [6.45, 7) is 2.04. The third-order valence-corrected chi connectivity index (χ3v) is 5.74. The molecule has 0 radical (unpaired) electrons. The molecule has 1 aliphatic carbocycles. The molecule has 2 aromatic rings. The lowest BCUT2D eigenvalue weighted by Gasteiger charge is -2.36. The zero-order valence-corrected chi connectivity index (χ0v) is 17.0. The van der Waals surface area contributed by atoms with Gasteiger partial charge in [-0.2, -0.15) is 0 Å². The number of hydrogen-bond donors (Lipinski definition) is 1. The zero-order chi connectivity index (χ0) is 21.0. The van der Waals surface area contributed by atoms with Gasteiger partial charge in [-0.1, -0.05) is 30.7 Å². The summed E-state index contributed by atoms with van der Waals surface area (Å²) in [7, 11) is 0. The number of nitrogens with two attached hydrogens (primary N) is 1. The normalized spacial score (nSPS) is 22.3. The second kappa shape index (κ2) is 9.26. The highest BCUT2D eigenvalue weighted by Gasteiger charge is 2.33. The van der Waals surface area contributed by atoms with Gasteiger partial charge in [0.15, 0.2) is 0 Å². The van der Waals surface area contributed by atoms with Gasteiger partial charge < -0.3 is 15.2 Å². The number of hydrogen-bond acceptors (Lipinski definition) is 3. The van der Waals surface area contributed by atoms with Gasteiger partial charge in [-0.15, -0.1) is 13.2 Å². The van der Waals surface area contributed by atoms with E-state index in [0.717, 1.165) is 47.6 Å². The van der Waals surface area contributed by atoms with E-state index in [-0.39, 0.29) is 23.8 Å². The number of aryl methyl sites for hydroxylation is 1. The fraction of sp³-hybridized carbons (Fsp3) is 0.455. The minimum absolute atomic E-state index is 0.0298. The zero-order valence-electron chi connectivity index (χ0n) is 16.2. The Kier molecular flexibility index (Phi) is 6.96. The maximum absolute atomic E-state index is 12.3. The van der Waals surface area contributed by atoms with Crippen LogP contribution in [0.15, 0.2) is 42.5 Å². The van der Waals surface area contributed by atoms with E-state index >= 15 is 0 Å². The minimum Gasteiger partial charge on any atom is -0.490 e. The van der Waals surface area contributed by atoms with E-state index in [0.29, 0.717) is 6.42 Å². The van der Waals surface area contributed by atoms with Gasteiger partial charge >= 0.3 is 6.36 Å². The molecule has 2 aromatic carbocycles. The Morgan fingerprint density at radius 2 is 1.76 bits per heavy atom. The van der Waals surface area contributed by atoms with Crippen molar-refractivity contribution >= 4 is 11.6 Å². The maximum atomic E-state index is 12.3. The predicted octanol–water partition coefficient (Wildman–Crippen LogP) is 5.92. The molecule has 158 valence electrons. The number of rotatable bonds is 6. The Labute approximate surface area is 173 Å². The second-order valence-corrected chi connectivity index (χ2v) is 7.82. The highest BCUT2D eigenvalue weighted by Crippen LogP contribution is 2.32. The van der Waals surface area contributed by atoms with Crippen LogP contribution in [0, 0.1) is 5.92 Å². The Morgan fingerprint density at radius 1 is 1.07 bits per heavy atom. The highest BCUT2D eigenvalue weighted by atomic mass is 35.5. The molecule has 3 unspecified atom stereocenters. The second-order valence-electron chi connectivity index (χ2n) is 7.42. The molecular weight excluding hydrogens is 403 g/mol. The van der Waals surface area contributed by atoms with Crippen LogP contribution >= 0.6 is 11.6 Å². The maximum Gasteiger partial charge on any atom is 0.573 e. The lowest BCUT2D eigenvalue weighted by Crippen LogP contribution is -2.45. The standard InChI is InChI=1S/C22H25ClF3NO2/c1-2-15-13-17(10-11-19(15)23)28-21-5-3-4-20(27)18(21)12-14-6-8-16(9-7-14)29-22(24,25)26/h6-11,13,18,20-21H,2-5,12,27H2,1H3. The summed E-state index contributed by atoms with van der Waals surface area (Å²) < 4.78 is 47.2. The summed E-state index contributed by atoms with van der Waals surface area (Å²) in [4.78, 5) is 0. The number of benzene rings is 2. The molecular formula is C22H25ClF3NO2. The van der Waals surface area contributed by atoms with Crippen molar-refractivity contribution in [2.75, 3.05) is 0 Å².